The predicted octanol–water partition coefficient (Wildman–Crippen LogP) is -0.347. The van der Waals surface area contributed by atoms with Gasteiger partial charge in [-0.05, 0) is 6.92 Å². The summed E-state index contributed by atoms with van der Waals surface area (Å²) in [7, 11) is 3.30. The van der Waals surface area contributed by atoms with E-state index in [1.165, 1.54) is 0 Å². The van der Waals surface area contributed by atoms with Gasteiger partial charge in [-0.25, -0.2) is 0 Å². The molecule has 5 nitrogen and oxygen atoms in total. The molecule has 0 bridgehead atoms. The number of rotatable bonds is 5. The molecule has 5 heteroatoms. The molecule has 1 aliphatic heterocycles. The Morgan fingerprint density at radius 2 is 2.13 bits per heavy atom. The summed E-state index contributed by atoms with van der Waals surface area (Å²) in [4.78, 5) is 2.26. The maximum Gasteiger partial charge on any atom is 0.169 e. The lowest BCUT2D eigenvalue weighted by Crippen LogP contribution is -2.51. The normalized spacial score (nSPS) is 25.8. The summed E-state index contributed by atoms with van der Waals surface area (Å²) < 4.78 is 15.9. The van der Waals surface area contributed by atoms with Gasteiger partial charge in [0, 0.05) is 39.9 Å². The van der Waals surface area contributed by atoms with Gasteiger partial charge in [0.15, 0.2) is 6.29 Å². The van der Waals surface area contributed by atoms with Crippen molar-refractivity contribution >= 4 is 0 Å². The molecule has 0 aromatic carbocycles. The summed E-state index contributed by atoms with van der Waals surface area (Å²) in [5.74, 6) is 0. The van der Waals surface area contributed by atoms with Gasteiger partial charge in [-0.2, -0.15) is 0 Å². The quantitative estimate of drug-likeness (QED) is 0.639. The van der Waals surface area contributed by atoms with E-state index in [2.05, 4.69) is 4.90 Å². The Morgan fingerprint density at radius 3 is 2.67 bits per heavy atom. The van der Waals surface area contributed by atoms with Gasteiger partial charge in [0.05, 0.1) is 12.7 Å². The molecule has 0 aliphatic carbocycles. The highest BCUT2D eigenvalue weighted by Gasteiger charge is 2.24. The Kier molecular flexibility index (Phi) is 5.49. The van der Waals surface area contributed by atoms with Crippen molar-refractivity contribution in [1.82, 2.24) is 4.90 Å². The number of ether oxygens (including phenoxy) is 3. The van der Waals surface area contributed by atoms with Crippen LogP contribution in [0.15, 0.2) is 0 Å². The second kappa shape index (κ2) is 6.40. The molecule has 1 rings (SSSR count). The molecule has 0 saturated carbocycles. The van der Waals surface area contributed by atoms with Crippen LogP contribution in [0.5, 0.6) is 0 Å². The Labute approximate surface area is 91.5 Å². The maximum absolute atomic E-state index is 5.81. The third-order valence-electron chi connectivity index (χ3n) is 2.70. The first-order chi connectivity index (χ1) is 7.17. The van der Waals surface area contributed by atoms with Crippen molar-refractivity contribution in [1.29, 1.82) is 0 Å². The van der Waals surface area contributed by atoms with Gasteiger partial charge in [0.1, 0.15) is 0 Å². The van der Waals surface area contributed by atoms with Crippen molar-refractivity contribution in [2.45, 2.75) is 25.4 Å². The van der Waals surface area contributed by atoms with Crippen molar-refractivity contribution in [2.24, 2.45) is 5.73 Å². The van der Waals surface area contributed by atoms with E-state index >= 15 is 0 Å². The maximum atomic E-state index is 5.81. The van der Waals surface area contributed by atoms with Crippen molar-refractivity contribution in [3.8, 4) is 0 Å². The van der Waals surface area contributed by atoms with Gasteiger partial charge in [-0.1, -0.05) is 0 Å². The number of methoxy groups -OCH3 is 2. The minimum atomic E-state index is -0.170. The topological polar surface area (TPSA) is 57.0 Å². The summed E-state index contributed by atoms with van der Waals surface area (Å²) >= 11 is 0. The van der Waals surface area contributed by atoms with Crippen molar-refractivity contribution in [3.63, 3.8) is 0 Å². The van der Waals surface area contributed by atoms with Gasteiger partial charge in [0.2, 0.25) is 0 Å². The van der Waals surface area contributed by atoms with E-state index in [1.807, 2.05) is 6.92 Å². The fraction of sp³-hybridized carbons (Fsp3) is 1.00. The lowest BCUT2D eigenvalue weighted by molar-refractivity contribution is -0.132. The first kappa shape index (κ1) is 12.9. The largest absolute Gasteiger partial charge is 0.374 e. The second-order valence-electron chi connectivity index (χ2n) is 3.93. The standard InChI is InChI=1S/C10H22N2O3/c1-8(11)9-6-12(4-5-15-9)7-10(13-2)14-3/h8-10H,4-7,11H2,1-3H3. The molecule has 0 spiro atoms. The molecular formula is C10H22N2O3. The highest BCUT2D eigenvalue weighted by atomic mass is 16.7. The average Bonchev–Trinajstić information content (AvgIpc) is 2.26. The smallest absolute Gasteiger partial charge is 0.169 e. The van der Waals surface area contributed by atoms with Gasteiger partial charge in [-0.15, -0.1) is 0 Å². The molecule has 1 fully saturated rings. The van der Waals surface area contributed by atoms with Crippen LogP contribution in [0.1, 0.15) is 6.92 Å². The zero-order chi connectivity index (χ0) is 11.3. The van der Waals surface area contributed by atoms with Crippen LogP contribution in [-0.2, 0) is 14.2 Å². The molecule has 1 aliphatic rings. The van der Waals surface area contributed by atoms with Crippen molar-refractivity contribution in [3.05, 3.63) is 0 Å². The van der Waals surface area contributed by atoms with Gasteiger partial charge in [0.25, 0.3) is 0 Å². The Bertz CT molecular complexity index is 172. The van der Waals surface area contributed by atoms with E-state index in [-0.39, 0.29) is 18.4 Å². The number of nitrogens with zero attached hydrogens (tertiary/aromatic N) is 1. The van der Waals surface area contributed by atoms with E-state index in [0.717, 1.165) is 26.2 Å². The molecule has 0 aromatic rings. The van der Waals surface area contributed by atoms with E-state index in [0.29, 0.717) is 0 Å². The van der Waals surface area contributed by atoms with Gasteiger partial charge >= 0.3 is 0 Å². The summed E-state index contributed by atoms with van der Waals surface area (Å²) in [6.07, 6.45) is -0.0510. The van der Waals surface area contributed by atoms with Crippen LogP contribution in [0.3, 0.4) is 0 Å². The first-order valence-corrected chi connectivity index (χ1v) is 5.32. The van der Waals surface area contributed by atoms with E-state index in [9.17, 15) is 0 Å². The van der Waals surface area contributed by atoms with Crippen LogP contribution in [0, 0.1) is 0 Å². The van der Waals surface area contributed by atoms with E-state index < -0.39 is 0 Å². The van der Waals surface area contributed by atoms with Gasteiger partial charge in [-0.3, -0.25) is 4.90 Å². The van der Waals surface area contributed by atoms with E-state index in [4.69, 9.17) is 19.9 Å². The second-order valence-corrected chi connectivity index (χ2v) is 3.93. The Hall–Kier alpha value is -0.200. The molecule has 2 atom stereocenters. The van der Waals surface area contributed by atoms with Crippen LogP contribution in [-0.4, -0.2) is 63.8 Å². The number of morpholine rings is 1. The van der Waals surface area contributed by atoms with E-state index in [1.54, 1.807) is 14.2 Å². The molecule has 0 amide bonds. The highest BCUT2D eigenvalue weighted by molar-refractivity contribution is 4.78. The summed E-state index contributed by atoms with van der Waals surface area (Å²) in [6, 6.07) is 0.0661. The van der Waals surface area contributed by atoms with Crippen LogP contribution in [0.25, 0.3) is 0 Å². The third kappa shape index (κ3) is 4.04. The highest BCUT2D eigenvalue weighted by Crippen LogP contribution is 2.09. The molecule has 15 heavy (non-hydrogen) atoms. The molecule has 90 valence electrons. The molecule has 2 N–H and O–H groups in total. The summed E-state index contributed by atoms with van der Waals surface area (Å²) in [6.45, 7) is 5.22. The molecule has 1 saturated heterocycles. The molecule has 0 radical (unpaired) electrons. The Morgan fingerprint density at radius 1 is 1.47 bits per heavy atom. The SMILES string of the molecule is COC(CN1CCOC(C(C)N)C1)OC. The van der Waals surface area contributed by atoms with Crippen LogP contribution in [0.4, 0.5) is 0 Å². The summed E-state index contributed by atoms with van der Waals surface area (Å²) in [5, 5.41) is 0. The van der Waals surface area contributed by atoms with Crippen LogP contribution in [0.2, 0.25) is 0 Å². The number of nitrogens with two attached hydrogens (primary N) is 1. The minimum Gasteiger partial charge on any atom is -0.374 e. The summed E-state index contributed by atoms with van der Waals surface area (Å²) in [5.41, 5.74) is 5.81. The monoisotopic (exact) mass is 218 g/mol. The van der Waals surface area contributed by atoms with Crippen molar-refractivity contribution < 1.29 is 14.2 Å². The van der Waals surface area contributed by atoms with Gasteiger partial charge < -0.3 is 19.9 Å². The van der Waals surface area contributed by atoms with Crippen molar-refractivity contribution in [2.75, 3.05) is 40.5 Å². The number of hydrogen-bond donors (Lipinski definition) is 1. The zero-order valence-corrected chi connectivity index (χ0v) is 9.81. The zero-order valence-electron chi connectivity index (χ0n) is 9.81. The fourth-order valence-electron chi connectivity index (χ4n) is 1.67. The molecule has 1 heterocycles. The predicted molar refractivity (Wildman–Crippen MR) is 57.6 cm³/mol. The minimum absolute atomic E-state index is 0.0661. The average molecular weight is 218 g/mol. The van der Waals surface area contributed by atoms with Crippen LogP contribution >= 0.6 is 0 Å². The molecular weight excluding hydrogens is 196 g/mol. The molecule has 2 unspecified atom stereocenters. The van der Waals surface area contributed by atoms with Crippen LogP contribution < -0.4 is 5.73 Å². The number of hydrogen-bond acceptors (Lipinski definition) is 5. The third-order valence-corrected chi connectivity index (χ3v) is 2.70. The Balaban J connectivity index is 2.35. The lowest BCUT2D eigenvalue weighted by atomic mass is 10.1. The first-order valence-electron chi connectivity index (χ1n) is 5.32. The fourth-order valence-corrected chi connectivity index (χ4v) is 1.67. The lowest BCUT2D eigenvalue weighted by Gasteiger charge is -2.35. The molecule has 0 aromatic heterocycles.